The van der Waals surface area contributed by atoms with E-state index in [1.807, 2.05) is 23.8 Å². The van der Waals surface area contributed by atoms with E-state index in [9.17, 15) is 0 Å². The number of hydrogen-bond donors (Lipinski definition) is 3. The van der Waals surface area contributed by atoms with Crippen molar-refractivity contribution in [3.8, 4) is 0 Å². The summed E-state index contributed by atoms with van der Waals surface area (Å²) in [7, 11) is 0. The Morgan fingerprint density at radius 2 is 1.91 bits per heavy atom. The second-order valence-electron chi connectivity index (χ2n) is 2.13. The number of allylic oxidation sites excluding steroid dienone is 2. The van der Waals surface area contributed by atoms with E-state index in [1.54, 1.807) is 11.9 Å². The van der Waals surface area contributed by atoms with Crippen molar-refractivity contribution < 1.29 is 0 Å². The topological polar surface area (TPSA) is 36.1 Å². The fraction of sp³-hybridized carbons (Fsp3) is 0.429. The number of hydrazine groups is 1. The minimum atomic E-state index is 1.14. The summed E-state index contributed by atoms with van der Waals surface area (Å²) in [5, 5.41) is 1.99. The Balaban J connectivity index is 0.000000112. The predicted molar refractivity (Wildman–Crippen MR) is 49.6 cm³/mol. The second-order valence-corrected chi connectivity index (χ2v) is 2.87. The summed E-state index contributed by atoms with van der Waals surface area (Å²) in [4.78, 5) is 0. The van der Waals surface area contributed by atoms with Gasteiger partial charge in [-0.25, -0.2) is 0 Å². The minimum Gasteiger partial charge on any atom is -0.333 e. The lowest BCUT2D eigenvalue weighted by atomic mass is 10.5. The quantitative estimate of drug-likeness (QED) is 0.470. The first-order valence-electron chi connectivity index (χ1n) is 3.69. The zero-order valence-corrected chi connectivity index (χ0v) is 7.16. The lowest BCUT2D eigenvalue weighted by Gasteiger charge is -1.93. The van der Waals surface area contributed by atoms with E-state index in [4.69, 9.17) is 0 Å². The number of nitrogens with one attached hydrogen (secondary N) is 3. The highest BCUT2D eigenvalue weighted by Crippen LogP contribution is 1.98. The summed E-state index contributed by atoms with van der Waals surface area (Å²) in [5.41, 5.74) is 5.94. The highest BCUT2D eigenvalue weighted by atomic mass is 32.2. The molecular weight excluding hydrogens is 158 g/mol. The Morgan fingerprint density at radius 1 is 1.09 bits per heavy atom. The van der Waals surface area contributed by atoms with E-state index in [2.05, 4.69) is 15.6 Å². The first kappa shape index (κ1) is 8.64. The van der Waals surface area contributed by atoms with Crippen molar-refractivity contribution in [1.29, 1.82) is 0 Å². The molecule has 4 heteroatoms. The fourth-order valence-corrected chi connectivity index (χ4v) is 1.10. The molecule has 0 aromatic rings. The van der Waals surface area contributed by atoms with Crippen LogP contribution in [-0.4, -0.2) is 13.1 Å². The molecule has 0 aromatic heterocycles. The molecule has 0 amide bonds. The highest BCUT2D eigenvalue weighted by molar-refractivity contribution is 8.00. The van der Waals surface area contributed by atoms with Gasteiger partial charge in [0.25, 0.3) is 0 Å². The summed E-state index contributed by atoms with van der Waals surface area (Å²) in [6.07, 6.45) is 7.11. The van der Waals surface area contributed by atoms with Crippen molar-refractivity contribution in [3.05, 3.63) is 23.8 Å². The van der Waals surface area contributed by atoms with Crippen LogP contribution in [0.15, 0.2) is 23.8 Å². The summed E-state index contributed by atoms with van der Waals surface area (Å²) in [5.74, 6) is 0. The third-order valence-corrected chi connectivity index (χ3v) is 1.78. The Labute approximate surface area is 71.4 Å². The molecule has 2 rings (SSSR count). The van der Waals surface area contributed by atoms with Gasteiger partial charge < -0.3 is 4.72 Å². The maximum atomic E-state index is 2.97. The standard InChI is InChI=1S/C4H5NS.C3H8N2/c1-2-4-6-5-3-1;1-2-4-5-3-1/h1-5H;4-5H,1-3H2. The zero-order valence-electron chi connectivity index (χ0n) is 6.34. The van der Waals surface area contributed by atoms with Gasteiger partial charge in [0.1, 0.15) is 0 Å². The van der Waals surface area contributed by atoms with Crippen LogP contribution >= 0.6 is 11.9 Å². The average Bonchev–Trinajstić information content (AvgIpc) is 2.64. The highest BCUT2D eigenvalue weighted by Gasteiger charge is 1.91. The SMILES string of the molecule is C1=CNSC=C1.C1CNNC1. The molecule has 0 spiro atoms. The van der Waals surface area contributed by atoms with E-state index in [0.717, 1.165) is 13.1 Å². The van der Waals surface area contributed by atoms with Crippen LogP contribution in [0.1, 0.15) is 6.42 Å². The largest absolute Gasteiger partial charge is 0.333 e. The second kappa shape index (κ2) is 6.27. The van der Waals surface area contributed by atoms with E-state index in [-0.39, 0.29) is 0 Å². The molecule has 3 N–H and O–H groups in total. The van der Waals surface area contributed by atoms with Gasteiger partial charge in [0.15, 0.2) is 0 Å². The third kappa shape index (κ3) is 4.89. The zero-order chi connectivity index (χ0) is 7.78. The van der Waals surface area contributed by atoms with Crippen molar-refractivity contribution in [2.45, 2.75) is 6.42 Å². The van der Waals surface area contributed by atoms with Crippen LogP contribution in [0.2, 0.25) is 0 Å². The van der Waals surface area contributed by atoms with Crippen LogP contribution in [0.5, 0.6) is 0 Å². The van der Waals surface area contributed by atoms with Crippen LogP contribution in [-0.2, 0) is 0 Å². The van der Waals surface area contributed by atoms with Gasteiger partial charge >= 0.3 is 0 Å². The van der Waals surface area contributed by atoms with E-state index >= 15 is 0 Å². The molecule has 3 nitrogen and oxygen atoms in total. The van der Waals surface area contributed by atoms with Crippen LogP contribution < -0.4 is 15.6 Å². The van der Waals surface area contributed by atoms with Crippen LogP contribution in [0.3, 0.4) is 0 Å². The maximum Gasteiger partial charge on any atom is 0.0112 e. The Hall–Kier alpha value is -0.450. The molecule has 0 bridgehead atoms. The Kier molecular flexibility index (Phi) is 4.93. The van der Waals surface area contributed by atoms with Crippen molar-refractivity contribution >= 4 is 11.9 Å². The summed E-state index contributed by atoms with van der Waals surface area (Å²) in [6.45, 7) is 2.28. The molecule has 1 saturated heterocycles. The normalized spacial score (nSPS) is 20.4. The third-order valence-electron chi connectivity index (χ3n) is 1.22. The Bertz CT molecular complexity index is 121. The predicted octanol–water partition coefficient (Wildman–Crippen LogP) is 0.749. The van der Waals surface area contributed by atoms with Gasteiger partial charge in [-0.05, 0) is 29.9 Å². The maximum absolute atomic E-state index is 2.97. The van der Waals surface area contributed by atoms with Gasteiger partial charge in [-0.15, -0.1) is 0 Å². The molecule has 11 heavy (non-hydrogen) atoms. The molecule has 2 heterocycles. The van der Waals surface area contributed by atoms with Crippen molar-refractivity contribution in [2.24, 2.45) is 0 Å². The minimum absolute atomic E-state index is 1.14. The lowest BCUT2D eigenvalue weighted by molar-refractivity contribution is 0.689. The first-order valence-corrected chi connectivity index (χ1v) is 4.57. The lowest BCUT2D eigenvalue weighted by Crippen LogP contribution is -2.21. The molecule has 0 aromatic carbocycles. The molecule has 0 unspecified atom stereocenters. The van der Waals surface area contributed by atoms with Gasteiger partial charge in [0, 0.05) is 19.3 Å². The summed E-state index contributed by atoms with van der Waals surface area (Å²) < 4.78 is 2.93. The van der Waals surface area contributed by atoms with Crippen molar-refractivity contribution in [1.82, 2.24) is 15.6 Å². The first-order chi connectivity index (χ1) is 5.50. The van der Waals surface area contributed by atoms with Gasteiger partial charge in [-0.3, -0.25) is 10.9 Å². The summed E-state index contributed by atoms with van der Waals surface area (Å²) in [6, 6.07) is 0. The number of hydrogen-bond acceptors (Lipinski definition) is 4. The smallest absolute Gasteiger partial charge is 0.0112 e. The van der Waals surface area contributed by atoms with Crippen LogP contribution in [0.4, 0.5) is 0 Å². The van der Waals surface area contributed by atoms with Crippen LogP contribution in [0.25, 0.3) is 0 Å². The molecule has 2 aliphatic heterocycles. The molecular formula is C7H13N3S. The van der Waals surface area contributed by atoms with Gasteiger partial charge in [0.05, 0.1) is 0 Å². The molecule has 0 atom stereocenters. The average molecular weight is 171 g/mol. The molecule has 2 aliphatic rings. The molecule has 62 valence electrons. The van der Waals surface area contributed by atoms with Crippen LogP contribution in [0, 0.1) is 0 Å². The van der Waals surface area contributed by atoms with E-state index in [0.29, 0.717) is 0 Å². The fourth-order valence-electron chi connectivity index (χ4n) is 0.700. The van der Waals surface area contributed by atoms with Crippen molar-refractivity contribution in [2.75, 3.05) is 13.1 Å². The van der Waals surface area contributed by atoms with Gasteiger partial charge in [0.2, 0.25) is 0 Å². The van der Waals surface area contributed by atoms with E-state index < -0.39 is 0 Å². The molecule has 0 saturated carbocycles. The Morgan fingerprint density at radius 3 is 2.09 bits per heavy atom. The summed E-state index contributed by atoms with van der Waals surface area (Å²) >= 11 is 1.58. The number of rotatable bonds is 0. The van der Waals surface area contributed by atoms with Crippen molar-refractivity contribution in [3.63, 3.8) is 0 Å². The van der Waals surface area contributed by atoms with Gasteiger partial charge in [-0.1, -0.05) is 6.08 Å². The molecule has 0 radical (unpaired) electrons. The monoisotopic (exact) mass is 171 g/mol. The van der Waals surface area contributed by atoms with Gasteiger partial charge in [-0.2, -0.15) is 0 Å². The molecule has 0 aliphatic carbocycles. The van der Waals surface area contributed by atoms with E-state index in [1.165, 1.54) is 6.42 Å². The molecule has 1 fully saturated rings.